The van der Waals surface area contributed by atoms with Gasteiger partial charge in [0, 0.05) is 52.9 Å². The Labute approximate surface area is 281 Å². The number of benzene rings is 2. The Bertz CT molecular complexity index is 1980. The van der Waals surface area contributed by atoms with Crippen LogP contribution in [-0.2, 0) is 16.2 Å². The van der Waals surface area contributed by atoms with E-state index in [-0.39, 0.29) is 24.1 Å². The van der Waals surface area contributed by atoms with E-state index >= 15 is 0 Å². The summed E-state index contributed by atoms with van der Waals surface area (Å²) < 4.78 is 6.08. The number of aromatic nitrogens is 3. The standard InChI is InChI=1S/C35H30Cl2N6O4/c1-21-7-12-25(18-38-21)35(46)42-30-15-9-23(17-39-30)10-16-31(44)40-19-32(45)43(3)28-14-13-27(36)26(33(28)37)20-47-29-6-4-5-24-11-8-22(2)41-34(24)29/h4-18H,19-20H2,1-3H3,(H,40,44)(H,39,42,46)/b16-10+. The van der Waals surface area contributed by atoms with E-state index in [9.17, 15) is 14.4 Å². The molecule has 5 rings (SSSR count). The summed E-state index contributed by atoms with van der Waals surface area (Å²) in [5, 5.41) is 6.85. The number of amides is 3. The van der Waals surface area contributed by atoms with Gasteiger partial charge in [0.05, 0.1) is 22.8 Å². The van der Waals surface area contributed by atoms with E-state index in [2.05, 4.69) is 25.6 Å². The van der Waals surface area contributed by atoms with Gasteiger partial charge in [0.1, 0.15) is 23.7 Å². The van der Waals surface area contributed by atoms with Crippen molar-refractivity contribution in [3.05, 3.63) is 123 Å². The van der Waals surface area contributed by atoms with Gasteiger partial charge in [0.15, 0.2) is 0 Å². The van der Waals surface area contributed by atoms with Gasteiger partial charge in [0.25, 0.3) is 5.91 Å². The fourth-order valence-electron chi connectivity index (χ4n) is 4.48. The molecule has 0 radical (unpaired) electrons. The van der Waals surface area contributed by atoms with Crippen LogP contribution in [-0.4, -0.2) is 46.3 Å². The number of carbonyl (C=O) groups is 3. The highest BCUT2D eigenvalue weighted by atomic mass is 35.5. The minimum Gasteiger partial charge on any atom is -0.487 e. The van der Waals surface area contributed by atoms with E-state index in [0.29, 0.717) is 39.0 Å². The lowest BCUT2D eigenvalue weighted by molar-refractivity contribution is -0.122. The third-order valence-electron chi connectivity index (χ3n) is 7.14. The third kappa shape index (κ3) is 8.29. The number of halogens is 2. The number of fused-ring (bicyclic) bond motifs is 1. The monoisotopic (exact) mass is 668 g/mol. The van der Waals surface area contributed by atoms with E-state index in [4.69, 9.17) is 27.9 Å². The Morgan fingerprint density at radius 2 is 1.72 bits per heavy atom. The van der Waals surface area contributed by atoms with Crippen LogP contribution in [0.25, 0.3) is 17.0 Å². The van der Waals surface area contributed by atoms with Crippen LogP contribution in [0.1, 0.15) is 32.9 Å². The highest BCUT2D eigenvalue weighted by Gasteiger charge is 2.19. The van der Waals surface area contributed by atoms with Crippen molar-refractivity contribution in [3.8, 4) is 5.75 Å². The number of nitrogens with zero attached hydrogens (tertiary/aromatic N) is 4. The van der Waals surface area contributed by atoms with Gasteiger partial charge in [-0.05, 0) is 74.0 Å². The second-order valence-electron chi connectivity index (χ2n) is 10.6. The summed E-state index contributed by atoms with van der Waals surface area (Å²) in [7, 11) is 1.56. The van der Waals surface area contributed by atoms with Crippen LogP contribution in [0.15, 0.2) is 85.2 Å². The lowest BCUT2D eigenvalue weighted by Crippen LogP contribution is -2.37. The summed E-state index contributed by atoms with van der Waals surface area (Å²) in [5.74, 6) is -0.283. The molecule has 2 N–H and O–H groups in total. The van der Waals surface area contributed by atoms with Crippen molar-refractivity contribution >= 4 is 69.4 Å². The molecule has 3 heterocycles. The normalized spacial score (nSPS) is 11.0. The number of rotatable bonds is 10. The van der Waals surface area contributed by atoms with Crippen LogP contribution in [0.2, 0.25) is 10.0 Å². The molecule has 3 amide bonds. The van der Waals surface area contributed by atoms with Crippen molar-refractivity contribution in [2.24, 2.45) is 0 Å². The number of para-hydroxylation sites is 1. The molecule has 10 nitrogen and oxygen atoms in total. The number of anilines is 2. The molecule has 0 bridgehead atoms. The molecular weight excluding hydrogens is 639 g/mol. The van der Waals surface area contributed by atoms with Gasteiger partial charge in [-0.1, -0.05) is 41.4 Å². The van der Waals surface area contributed by atoms with E-state index in [1.54, 1.807) is 49.5 Å². The van der Waals surface area contributed by atoms with Crippen molar-refractivity contribution in [2.45, 2.75) is 20.5 Å². The number of ether oxygens (including phenoxy) is 1. The maximum atomic E-state index is 13.0. The Hall–Kier alpha value is -5.32. The van der Waals surface area contributed by atoms with Crippen molar-refractivity contribution in [3.63, 3.8) is 0 Å². The Morgan fingerprint density at radius 1 is 0.915 bits per heavy atom. The quantitative estimate of drug-likeness (QED) is 0.161. The van der Waals surface area contributed by atoms with Gasteiger partial charge in [-0.15, -0.1) is 0 Å². The van der Waals surface area contributed by atoms with E-state index < -0.39 is 11.8 Å². The Morgan fingerprint density at radius 3 is 2.47 bits per heavy atom. The molecule has 238 valence electrons. The summed E-state index contributed by atoms with van der Waals surface area (Å²) in [6.07, 6.45) is 5.83. The number of hydrogen-bond donors (Lipinski definition) is 2. The first-order chi connectivity index (χ1) is 22.6. The van der Waals surface area contributed by atoms with E-state index in [0.717, 1.165) is 22.3 Å². The first-order valence-electron chi connectivity index (χ1n) is 14.5. The molecule has 0 aliphatic rings. The smallest absolute Gasteiger partial charge is 0.258 e. The van der Waals surface area contributed by atoms with Crippen LogP contribution in [0.5, 0.6) is 5.75 Å². The number of nitrogens with one attached hydrogen (secondary N) is 2. The van der Waals surface area contributed by atoms with E-state index in [1.807, 2.05) is 44.2 Å². The fourth-order valence-corrected chi connectivity index (χ4v) is 5.08. The first-order valence-corrected chi connectivity index (χ1v) is 15.2. The van der Waals surface area contributed by atoms with Crippen molar-refractivity contribution in [1.82, 2.24) is 20.3 Å². The third-order valence-corrected chi connectivity index (χ3v) is 7.91. The zero-order valence-electron chi connectivity index (χ0n) is 25.8. The number of hydrogen-bond acceptors (Lipinski definition) is 7. The summed E-state index contributed by atoms with van der Waals surface area (Å²) in [6, 6.07) is 19.6. The first kappa shape index (κ1) is 33.1. The maximum Gasteiger partial charge on any atom is 0.258 e. The molecule has 0 aliphatic heterocycles. The summed E-state index contributed by atoms with van der Waals surface area (Å²) in [5.41, 5.74) is 4.35. The molecule has 2 aromatic carbocycles. The molecular formula is C35H30Cl2N6O4. The minimum absolute atomic E-state index is 0.0518. The van der Waals surface area contributed by atoms with Gasteiger partial charge in [-0.3, -0.25) is 19.4 Å². The lowest BCUT2D eigenvalue weighted by Gasteiger charge is -2.21. The van der Waals surface area contributed by atoms with Crippen molar-refractivity contribution in [1.29, 1.82) is 0 Å². The number of carbonyl (C=O) groups excluding carboxylic acids is 3. The summed E-state index contributed by atoms with van der Waals surface area (Å²) in [4.78, 5) is 52.1. The van der Waals surface area contributed by atoms with E-state index in [1.165, 1.54) is 23.4 Å². The largest absolute Gasteiger partial charge is 0.487 e. The van der Waals surface area contributed by atoms with Crippen LogP contribution < -0.4 is 20.3 Å². The van der Waals surface area contributed by atoms with Gasteiger partial charge < -0.3 is 20.3 Å². The van der Waals surface area contributed by atoms with Crippen LogP contribution in [0, 0.1) is 13.8 Å². The molecule has 5 aromatic rings. The zero-order valence-corrected chi connectivity index (χ0v) is 27.3. The molecule has 0 spiro atoms. The highest BCUT2D eigenvalue weighted by molar-refractivity contribution is 6.38. The second-order valence-corrected chi connectivity index (χ2v) is 11.3. The van der Waals surface area contributed by atoms with Gasteiger partial charge in [0.2, 0.25) is 11.8 Å². The lowest BCUT2D eigenvalue weighted by atomic mass is 10.1. The average molecular weight is 670 g/mol. The Kier molecular flexibility index (Phi) is 10.4. The Balaban J connectivity index is 1.15. The fraction of sp³-hybridized carbons (Fsp3) is 0.143. The topological polar surface area (TPSA) is 126 Å². The van der Waals surface area contributed by atoms with Gasteiger partial charge in [-0.25, -0.2) is 9.97 Å². The predicted molar refractivity (Wildman–Crippen MR) is 184 cm³/mol. The summed E-state index contributed by atoms with van der Waals surface area (Å²) in [6.45, 7) is 3.52. The molecule has 0 saturated heterocycles. The molecule has 0 atom stereocenters. The second kappa shape index (κ2) is 14.8. The zero-order chi connectivity index (χ0) is 33.5. The average Bonchev–Trinajstić information content (AvgIpc) is 3.07. The molecule has 0 saturated carbocycles. The number of aryl methyl sites for hydroxylation is 2. The molecule has 0 fully saturated rings. The van der Waals surface area contributed by atoms with Gasteiger partial charge >= 0.3 is 0 Å². The number of likely N-dealkylation sites (N-methyl/N-ethyl adjacent to an activating group) is 1. The number of pyridine rings is 3. The SMILES string of the molecule is Cc1ccc(C(=O)Nc2ccc(/C=C/C(=O)NCC(=O)N(C)c3ccc(Cl)c(COc4cccc5ccc(C)nc45)c3Cl)cn2)cn1. The van der Waals surface area contributed by atoms with Crippen LogP contribution in [0.3, 0.4) is 0 Å². The molecule has 47 heavy (non-hydrogen) atoms. The molecule has 12 heteroatoms. The van der Waals surface area contributed by atoms with Crippen LogP contribution in [0.4, 0.5) is 11.5 Å². The molecule has 0 unspecified atom stereocenters. The van der Waals surface area contributed by atoms with Crippen LogP contribution >= 0.6 is 23.2 Å². The minimum atomic E-state index is -0.480. The maximum absolute atomic E-state index is 13.0. The molecule has 3 aromatic heterocycles. The van der Waals surface area contributed by atoms with Crippen molar-refractivity contribution < 1.29 is 19.1 Å². The van der Waals surface area contributed by atoms with Crippen molar-refractivity contribution in [2.75, 3.05) is 23.8 Å². The van der Waals surface area contributed by atoms with Gasteiger partial charge in [-0.2, -0.15) is 0 Å². The predicted octanol–water partition coefficient (Wildman–Crippen LogP) is 6.57. The summed E-state index contributed by atoms with van der Waals surface area (Å²) >= 11 is 13.2. The highest BCUT2D eigenvalue weighted by Crippen LogP contribution is 2.35. The molecule has 0 aliphatic carbocycles.